The number of nitriles is 1. The van der Waals surface area contributed by atoms with Crippen LogP contribution >= 0.6 is 11.8 Å². The number of hydrogen-bond acceptors (Lipinski definition) is 6. The highest BCUT2D eigenvalue weighted by molar-refractivity contribution is 8.00. The molecule has 2 atom stereocenters. The summed E-state index contributed by atoms with van der Waals surface area (Å²) >= 11 is 1.22. The number of amides is 1. The number of rotatable bonds is 6. The maximum Gasteiger partial charge on any atom is 0.340 e. The van der Waals surface area contributed by atoms with Crippen LogP contribution in [-0.4, -0.2) is 35.3 Å². The Morgan fingerprint density at radius 2 is 2.15 bits per heavy atom. The minimum absolute atomic E-state index is 0.0495. The van der Waals surface area contributed by atoms with Crippen LogP contribution in [0.5, 0.6) is 0 Å². The first-order valence-electron chi connectivity index (χ1n) is 8.97. The van der Waals surface area contributed by atoms with Gasteiger partial charge >= 0.3 is 5.97 Å². The molecule has 1 N–H and O–H groups in total. The van der Waals surface area contributed by atoms with E-state index in [0.29, 0.717) is 16.6 Å². The van der Waals surface area contributed by atoms with Crippen LogP contribution in [0.15, 0.2) is 11.1 Å². The smallest absolute Gasteiger partial charge is 0.340 e. The third-order valence-electron chi connectivity index (χ3n) is 4.59. The van der Waals surface area contributed by atoms with Gasteiger partial charge < -0.3 is 10.1 Å². The lowest BCUT2D eigenvalue weighted by molar-refractivity contribution is -0.119. The Kier molecular flexibility index (Phi) is 7.46. The Hall–Kier alpha value is -2.07. The van der Waals surface area contributed by atoms with Gasteiger partial charge in [0.05, 0.1) is 29.2 Å². The number of ether oxygens (including phenoxy) is 1. The summed E-state index contributed by atoms with van der Waals surface area (Å²) in [6, 6.07) is 3.77. The summed E-state index contributed by atoms with van der Waals surface area (Å²) in [5.41, 5.74) is 1.06. The summed E-state index contributed by atoms with van der Waals surface area (Å²) in [7, 11) is 0. The molecule has 26 heavy (non-hydrogen) atoms. The Labute approximate surface area is 158 Å². The number of pyridine rings is 1. The minimum Gasteiger partial charge on any atom is -0.462 e. The van der Waals surface area contributed by atoms with E-state index in [2.05, 4.69) is 17.2 Å². The first kappa shape index (κ1) is 20.2. The number of nitrogens with one attached hydrogen (secondary N) is 1. The molecular weight excluding hydrogens is 350 g/mol. The number of hydrogen-bond donors (Lipinski definition) is 1. The van der Waals surface area contributed by atoms with Gasteiger partial charge in [0.25, 0.3) is 0 Å². The predicted octanol–water partition coefficient (Wildman–Crippen LogP) is 3.23. The van der Waals surface area contributed by atoms with Gasteiger partial charge in [-0.05, 0) is 38.7 Å². The predicted molar refractivity (Wildman–Crippen MR) is 99.9 cm³/mol. The highest BCUT2D eigenvalue weighted by atomic mass is 32.2. The van der Waals surface area contributed by atoms with Gasteiger partial charge in [0.15, 0.2) is 0 Å². The first-order chi connectivity index (χ1) is 12.5. The molecule has 1 fully saturated rings. The molecule has 140 valence electrons. The number of carbonyl (C=O) groups is 2. The van der Waals surface area contributed by atoms with E-state index in [1.165, 1.54) is 24.2 Å². The molecule has 0 aliphatic heterocycles. The van der Waals surface area contributed by atoms with Gasteiger partial charge in [-0.2, -0.15) is 5.26 Å². The van der Waals surface area contributed by atoms with E-state index in [-0.39, 0.29) is 35.4 Å². The molecule has 6 nitrogen and oxygen atoms in total. The van der Waals surface area contributed by atoms with Crippen LogP contribution in [0.3, 0.4) is 0 Å². The third kappa shape index (κ3) is 5.21. The number of carbonyl (C=O) groups excluding carboxylic acids is 2. The normalized spacial score (nSPS) is 19.5. The minimum atomic E-state index is -0.491. The second kappa shape index (κ2) is 9.58. The van der Waals surface area contributed by atoms with Crippen LogP contribution in [0.4, 0.5) is 0 Å². The summed E-state index contributed by atoms with van der Waals surface area (Å²) in [6.45, 7) is 5.85. The molecule has 0 radical (unpaired) electrons. The van der Waals surface area contributed by atoms with Crippen LogP contribution in [-0.2, 0) is 9.53 Å². The van der Waals surface area contributed by atoms with E-state index < -0.39 is 5.97 Å². The van der Waals surface area contributed by atoms with Crippen molar-refractivity contribution >= 4 is 23.6 Å². The number of nitrogens with zero attached hydrogens (tertiary/aromatic N) is 2. The topological polar surface area (TPSA) is 92.1 Å². The molecule has 1 aliphatic rings. The first-order valence-corrected chi connectivity index (χ1v) is 9.95. The molecule has 0 aromatic carbocycles. The van der Waals surface area contributed by atoms with Crippen LogP contribution in [0.2, 0.25) is 0 Å². The Bertz CT molecular complexity index is 715. The molecule has 7 heteroatoms. The highest BCUT2D eigenvalue weighted by Crippen LogP contribution is 2.25. The molecule has 1 amide bonds. The number of aryl methyl sites for hydroxylation is 1. The zero-order chi connectivity index (χ0) is 19.1. The summed E-state index contributed by atoms with van der Waals surface area (Å²) in [5.74, 6) is 0.154. The van der Waals surface area contributed by atoms with Crippen molar-refractivity contribution in [2.24, 2.45) is 5.92 Å². The van der Waals surface area contributed by atoms with Gasteiger partial charge in [-0.1, -0.05) is 31.5 Å². The molecule has 0 saturated heterocycles. The van der Waals surface area contributed by atoms with Crippen molar-refractivity contribution in [3.8, 4) is 6.07 Å². The lowest BCUT2D eigenvalue weighted by Crippen LogP contribution is -2.41. The van der Waals surface area contributed by atoms with Crippen LogP contribution in [0, 0.1) is 24.2 Å². The Morgan fingerprint density at radius 1 is 1.42 bits per heavy atom. The quantitative estimate of drug-likeness (QED) is 0.606. The summed E-state index contributed by atoms with van der Waals surface area (Å²) < 4.78 is 4.98. The van der Waals surface area contributed by atoms with Crippen LogP contribution in [0.25, 0.3) is 0 Å². The maximum absolute atomic E-state index is 12.3. The molecule has 0 bridgehead atoms. The number of aromatic nitrogens is 1. The van der Waals surface area contributed by atoms with Crippen molar-refractivity contribution in [1.29, 1.82) is 5.26 Å². The zero-order valence-electron chi connectivity index (χ0n) is 15.5. The Balaban J connectivity index is 2.02. The summed E-state index contributed by atoms with van der Waals surface area (Å²) in [4.78, 5) is 28.5. The number of thioether (sulfide) groups is 1. The van der Waals surface area contributed by atoms with E-state index in [0.717, 1.165) is 19.3 Å². The van der Waals surface area contributed by atoms with Crippen LogP contribution in [0.1, 0.15) is 61.1 Å². The van der Waals surface area contributed by atoms with Gasteiger partial charge in [-0.25, -0.2) is 9.78 Å². The third-order valence-corrected chi connectivity index (χ3v) is 5.58. The monoisotopic (exact) mass is 375 g/mol. The number of esters is 1. The zero-order valence-corrected chi connectivity index (χ0v) is 16.3. The standard InChI is InChI=1S/C19H25N3O3S/c1-4-25-19(24)15-9-14(10-20)18(21-13(15)3)26-11-17(23)22-16-8-6-5-7-12(16)2/h9,12,16H,4-8,11H2,1-3H3,(H,22,23)/t12-,16-/m1/s1. The lowest BCUT2D eigenvalue weighted by atomic mass is 9.86. The molecule has 1 heterocycles. The molecule has 0 unspecified atom stereocenters. The molecule has 2 rings (SSSR count). The van der Waals surface area contributed by atoms with Gasteiger partial charge in [0, 0.05) is 6.04 Å². The van der Waals surface area contributed by atoms with Crippen LogP contribution < -0.4 is 5.32 Å². The fourth-order valence-electron chi connectivity index (χ4n) is 3.10. The SMILES string of the molecule is CCOC(=O)c1cc(C#N)c(SCC(=O)N[C@@H]2CCCC[C@H]2C)nc1C. The second-order valence-corrected chi connectivity index (χ2v) is 7.49. The second-order valence-electron chi connectivity index (χ2n) is 6.53. The van der Waals surface area contributed by atoms with Crippen molar-refractivity contribution in [1.82, 2.24) is 10.3 Å². The van der Waals surface area contributed by atoms with E-state index in [1.54, 1.807) is 13.8 Å². The summed E-state index contributed by atoms with van der Waals surface area (Å²) in [6.07, 6.45) is 4.54. The van der Waals surface area contributed by atoms with Crippen molar-refractivity contribution in [2.75, 3.05) is 12.4 Å². The van der Waals surface area contributed by atoms with E-state index in [9.17, 15) is 14.9 Å². The maximum atomic E-state index is 12.3. The van der Waals surface area contributed by atoms with Gasteiger partial charge in [0.2, 0.25) is 5.91 Å². The van der Waals surface area contributed by atoms with Gasteiger partial charge in [0.1, 0.15) is 11.1 Å². The van der Waals surface area contributed by atoms with Crippen molar-refractivity contribution in [3.05, 3.63) is 22.9 Å². The van der Waals surface area contributed by atoms with Crippen molar-refractivity contribution in [3.63, 3.8) is 0 Å². The fraction of sp³-hybridized carbons (Fsp3) is 0.579. The van der Waals surface area contributed by atoms with Gasteiger partial charge in [-0.15, -0.1) is 0 Å². The van der Waals surface area contributed by atoms with Crippen molar-refractivity contribution in [2.45, 2.75) is 57.5 Å². The fourth-order valence-corrected chi connectivity index (χ4v) is 3.91. The van der Waals surface area contributed by atoms with E-state index in [4.69, 9.17) is 4.74 Å². The largest absolute Gasteiger partial charge is 0.462 e. The average molecular weight is 375 g/mol. The summed E-state index contributed by atoms with van der Waals surface area (Å²) in [5, 5.41) is 12.9. The molecule has 1 saturated carbocycles. The van der Waals surface area contributed by atoms with Crippen molar-refractivity contribution < 1.29 is 14.3 Å². The van der Waals surface area contributed by atoms with E-state index >= 15 is 0 Å². The van der Waals surface area contributed by atoms with E-state index in [1.807, 2.05) is 6.07 Å². The molecule has 1 aromatic rings. The molecular formula is C19H25N3O3S. The molecule has 1 aromatic heterocycles. The lowest BCUT2D eigenvalue weighted by Gasteiger charge is -2.29. The van der Waals surface area contributed by atoms with Gasteiger partial charge in [-0.3, -0.25) is 4.79 Å². The Morgan fingerprint density at radius 3 is 2.81 bits per heavy atom. The molecule has 0 spiro atoms. The highest BCUT2D eigenvalue weighted by Gasteiger charge is 2.23. The average Bonchev–Trinajstić information content (AvgIpc) is 2.62. The molecule has 1 aliphatic carbocycles.